The van der Waals surface area contributed by atoms with Crippen LogP contribution in [0.3, 0.4) is 0 Å². The zero-order valence-electron chi connectivity index (χ0n) is 7.60. The third-order valence-electron chi connectivity index (χ3n) is 2.35. The first kappa shape index (κ1) is 10.3. The third-order valence-corrected chi connectivity index (χ3v) is 3.30. The highest BCUT2D eigenvalue weighted by molar-refractivity contribution is 7.89. The maximum Gasteiger partial charge on any atom is 0.238 e. The minimum absolute atomic E-state index is 0.0903. The molecule has 1 aliphatic rings. The summed E-state index contributed by atoms with van der Waals surface area (Å²) in [5, 5.41) is 4.94. The van der Waals surface area contributed by atoms with E-state index >= 15 is 0 Å². The normalized spacial score (nSPS) is 20.4. The standard InChI is InChI=1S/C9H8FNO3S/c10-6-4-7(12)9-5(6)2-1-3-8(9)15(11,13)14/h1-3,6H,4H2,(H2,11,13,14). The molecule has 0 saturated carbocycles. The van der Waals surface area contributed by atoms with E-state index in [4.69, 9.17) is 5.14 Å². The number of primary sulfonamides is 1. The van der Waals surface area contributed by atoms with Crippen LogP contribution in [0.2, 0.25) is 0 Å². The van der Waals surface area contributed by atoms with Crippen molar-refractivity contribution in [3.8, 4) is 0 Å². The van der Waals surface area contributed by atoms with Crippen LogP contribution in [-0.4, -0.2) is 14.2 Å². The predicted molar refractivity (Wildman–Crippen MR) is 50.6 cm³/mol. The fourth-order valence-electron chi connectivity index (χ4n) is 1.72. The summed E-state index contributed by atoms with van der Waals surface area (Å²) in [4.78, 5) is 11.1. The number of ketones is 1. The Hall–Kier alpha value is -1.27. The largest absolute Gasteiger partial charge is 0.294 e. The number of nitrogens with two attached hydrogens (primary N) is 1. The Balaban J connectivity index is 2.77. The van der Waals surface area contributed by atoms with Crippen molar-refractivity contribution in [1.29, 1.82) is 0 Å². The number of benzene rings is 1. The molecule has 0 bridgehead atoms. The monoisotopic (exact) mass is 229 g/mol. The van der Waals surface area contributed by atoms with Crippen molar-refractivity contribution in [3.63, 3.8) is 0 Å². The van der Waals surface area contributed by atoms with Crippen molar-refractivity contribution in [3.05, 3.63) is 29.3 Å². The van der Waals surface area contributed by atoms with Gasteiger partial charge in [0.1, 0.15) is 6.17 Å². The Morgan fingerprint density at radius 2 is 2.07 bits per heavy atom. The van der Waals surface area contributed by atoms with Gasteiger partial charge in [0, 0.05) is 12.0 Å². The van der Waals surface area contributed by atoms with Gasteiger partial charge in [-0.2, -0.15) is 0 Å². The van der Waals surface area contributed by atoms with Gasteiger partial charge in [-0.05, 0) is 11.6 Å². The average Bonchev–Trinajstić information content (AvgIpc) is 2.41. The summed E-state index contributed by atoms with van der Waals surface area (Å²) in [6, 6.07) is 3.99. The SMILES string of the molecule is NS(=O)(=O)c1cccc2c1C(=O)CC2F. The molecule has 0 aromatic heterocycles. The first-order valence-electron chi connectivity index (χ1n) is 4.24. The Bertz CT molecular complexity index is 538. The molecule has 0 saturated heterocycles. The van der Waals surface area contributed by atoms with Crippen LogP contribution in [0, 0.1) is 0 Å². The van der Waals surface area contributed by atoms with Crippen LogP contribution in [0.25, 0.3) is 0 Å². The summed E-state index contributed by atoms with van der Waals surface area (Å²) >= 11 is 0. The van der Waals surface area contributed by atoms with E-state index < -0.39 is 22.0 Å². The number of alkyl halides is 1. The molecule has 0 heterocycles. The third kappa shape index (κ3) is 1.55. The van der Waals surface area contributed by atoms with E-state index in [1.165, 1.54) is 18.2 Å². The van der Waals surface area contributed by atoms with Crippen molar-refractivity contribution in [1.82, 2.24) is 0 Å². The van der Waals surface area contributed by atoms with Crippen LogP contribution in [0.1, 0.15) is 28.5 Å². The molecular formula is C9H8FNO3S. The van der Waals surface area contributed by atoms with Crippen molar-refractivity contribution in [2.75, 3.05) is 0 Å². The highest BCUT2D eigenvalue weighted by Crippen LogP contribution is 2.36. The molecule has 15 heavy (non-hydrogen) atoms. The number of rotatable bonds is 1. The van der Waals surface area contributed by atoms with Gasteiger partial charge in [-0.3, -0.25) is 4.79 Å². The number of hydrogen-bond acceptors (Lipinski definition) is 3. The van der Waals surface area contributed by atoms with Gasteiger partial charge >= 0.3 is 0 Å². The van der Waals surface area contributed by atoms with Gasteiger partial charge in [-0.1, -0.05) is 12.1 Å². The smallest absolute Gasteiger partial charge is 0.238 e. The highest BCUT2D eigenvalue weighted by atomic mass is 32.2. The molecule has 1 aliphatic carbocycles. The lowest BCUT2D eigenvalue weighted by molar-refractivity contribution is 0.0970. The zero-order valence-corrected chi connectivity index (χ0v) is 8.42. The minimum Gasteiger partial charge on any atom is -0.294 e. The highest BCUT2D eigenvalue weighted by Gasteiger charge is 2.33. The molecule has 2 N–H and O–H groups in total. The summed E-state index contributed by atoms with van der Waals surface area (Å²) in [5.74, 6) is -0.512. The molecule has 1 aromatic rings. The van der Waals surface area contributed by atoms with Crippen LogP contribution in [0.4, 0.5) is 4.39 Å². The van der Waals surface area contributed by atoms with Crippen molar-refractivity contribution in [2.24, 2.45) is 5.14 Å². The number of fused-ring (bicyclic) bond motifs is 1. The van der Waals surface area contributed by atoms with E-state index in [-0.39, 0.29) is 22.4 Å². The molecule has 2 rings (SSSR count). The van der Waals surface area contributed by atoms with E-state index in [9.17, 15) is 17.6 Å². The lowest BCUT2D eigenvalue weighted by Gasteiger charge is -2.04. The van der Waals surface area contributed by atoms with Crippen LogP contribution >= 0.6 is 0 Å². The predicted octanol–water partition coefficient (Wildman–Crippen LogP) is 0.931. The van der Waals surface area contributed by atoms with Gasteiger partial charge in [0.05, 0.1) is 4.90 Å². The quantitative estimate of drug-likeness (QED) is 0.778. The fourth-order valence-corrected chi connectivity index (χ4v) is 2.50. The summed E-state index contributed by atoms with van der Waals surface area (Å²) in [7, 11) is -3.97. The summed E-state index contributed by atoms with van der Waals surface area (Å²) in [5.41, 5.74) is 0.0269. The number of halogens is 1. The van der Waals surface area contributed by atoms with Crippen LogP contribution in [-0.2, 0) is 10.0 Å². The van der Waals surface area contributed by atoms with Gasteiger partial charge in [0.15, 0.2) is 5.78 Å². The van der Waals surface area contributed by atoms with Crippen molar-refractivity contribution >= 4 is 15.8 Å². The molecule has 0 amide bonds. The zero-order chi connectivity index (χ0) is 11.2. The Morgan fingerprint density at radius 3 is 2.67 bits per heavy atom. The molecule has 4 nitrogen and oxygen atoms in total. The topological polar surface area (TPSA) is 77.2 Å². The Kier molecular flexibility index (Phi) is 2.13. The first-order valence-corrected chi connectivity index (χ1v) is 5.79. The van der Waals surface area contributed by atoms with E-state index in [0.29, 0.717) is 0 Å². The lowest BCUT2D eigenvalue weighted by atomic mass is 10.1. The van der Waals surface area contributed by atoms with Crippen LogP contribution in [0.15, 0.2) is 23.1 Å². The van der Waals surface area contributed by atoms with E-state index in [0.717, 1.165) is 0 Å². The van der Waals surface area contributed by atoms with E-state index in [2.05, 4.69) is 0 Å². The average molecular weight is 229 g/mol. The Labute approximate surface area is 85.9 Å². The number of Topliss-reactive ketones (excluding diaryl/α,β-unsaturated/α-hetero) is 1. The molecule has 0 fully saturated rings. The summed E-state index contributed by atoms with van der Waals surface area (Å²) in [6.07, 6.45) is -1.73. The number of carbonyl (C=O) groups excluding carboxylic acids is 1. The van der Waals surface area contributed by atoms with Crippen molar-refractivity contribution in [2.45, 2.75) is 17.5 Å². The second-order valence-electron chi connectivity index (χ2n) is 3.36. The van der Waals surface area contributed by atoms with Gasteiger partial charge in [-0.25, -0.2) is 17.9 Å². The molecule has 1 aromatic carbocycles. The molecule has 0 radical (unpaired) electrons. The van der Waals surface area contributed by atoms with Gasteiger partial charge in [0.2, 0.25) is 10.0 Å². The molecule has 80 valence electrons. The molecule has 1 unspecified atom stereocenters. The van der Waals surface area contributed by atoms with Gasteiger partial charge in [0.25, 0.3) is 0 Å². The second-order valence-corrected chi connectivity index (χ2v) is 4.89. The van der Waals surface area contributed by atoms with Crippen molar-refractivity contribution < 1.29 is 17.6 Å². The lowest BCUT2D eigenvalue weighted by Crippen LogP contribution is -2.15. The number of sulfonamides is 1. The van der Waals surface area contributed by atoms with E-state index in [1.807, 2.05) is 0 Å². The van der Waals surface area contributed by atoms with Crippen LogP contribution in [0.5, 0.6) is 0 Å². The number of carbonyl (C=O) groups is 1. The molecular weight excluding hydrogens is 221 g/mol. The van der Waals surface area contributed by atoms with Gasteiger partial charge in [-0.15, -0.1) is 0 Å². The maximum absolute atomic E-state index is 13.3. The summed E-state index contributed by atoms with van der Waals surface area (Å²) < 4.78 is 35.6. The number of hydrogen-bond donors (Lipinski definition) is 1. The molecule has 1 atom stereocenters. The second kappa shape index (κ2) is 3.11. The van der Waals surface area contributed by atoms with Gasteiger partial charge < -0.3 is 0 Å². The maximum atomic E-state index is 13.3. The molecule has 0 spiro atoms. The minimum atomic E-state index is -3.97. The molecule has 0 aliphatic heterocycles. The first-order chi connectivity index (χ1) is 6.91. The fraction of sp³-hybridized carbons (Fsp3) is 0.222. The van der Waals surface area contributed by atoms with Crippen LogP contribution < -0.4 is 5.14 Å². The molecule has 6 heteroatoms. The Morgan fingerprint density at radius 1 is 1.40 bits per heavy atom. The van der Waals surface area contributed by atoms with E-state index in [1.54, 1.807) is 0 Å². The summed E-state index contributed by atoms with van der Waals surface area (Å²) in [6.45, 7) is 0.